The molecule has 1 atom stereocenters. The summed E-state index contributed by atoms with van der Waals surface area (Å²) >= 11 is 1.51. The van der Waals surface area contributed by atoms with Gasteiger partial charge in [0.15, 0.2) is 23.0 Å². The number of aliphatic hydroxyl groups excluding tert-OH is 1. The lowest BCUT2D eigenvalue weighted by atomic mass is 9.94. The molecular formula is C21H21NO5S. The number of rotatable bonds is 7. The summed E-state index contributed by atoms with van der Waals surface area (Å²) in [4.78, 5) is 28.2. The van der Waals surface area contributed by atoms with Gasteiger partial charge in [0.2, 0.25) is 0 Å². The van der Waals surface area contributed by atoms with Gasteiger partial charge in [0.05, 0.1) is 24.8 Å². The molecule has 1 amide bonds. The van der Waals surface area contributed by atoms with Crippen LogP contribution in [0.1, 0.15) is 36.2 Å². The zero-order chi connectivity index (χ0) is 19.8. The number of carbonyl (C=O) groups is 2. The Labute approximate surface area is 166 Å². The maximum atomic E-state index is 12.9. The summed E-state index contributed by atoms with van der Waals surface area (Å²) in [5.41, 5.74) is 0.774. The third kappa shape index (κ3) is 3.26. The van der Waals surface area contributed by atoms with Gasteiger partial charge in [-0.25, -0.2) is 0 Å². The number of thiophene rings is 1. The highest BCUT2D eigenvalue weighted by Crippen LogP contribution is 2.45. The molecule has 1 saturated carbocycles. The number of hydrogen-bond donors (Lipinski definition) is 2. The van der Waals surface area contributed by atoms with Gasteiger partial charge in [-0.05, 0) is 48.9 Å². The van der Waals surface area contributed by atoms with Crippen LogP contribution < -0.4 is 4.74 Å². The van der Waals surface area contributed by atoms with Crippen molar-refractivity contribution in [3.05, 3.63) is 57.5 Å². The smallest absolute Gasteiger partial charge is 0.290 e. The average Bonchev–Trinajstić information content (AvgIpc) is 3.36. The van der Waals surface area contributed by atoms with Crippen molar-refractivity contribution in [2.75, 3.05) is 6.61 Å². The number of benzene rings is 1. The Morgan fingerprint density at radius 3 is 2.71 bits per heavy atom. The van der Waals surface area contributed by atoms with Crippen LogP contribution in [0.15, 0.2) is 47.0 Å². The van der Waals surface area contributed by atoms with Crippen molar-refractivity contribution in [3.8, 4) is 11.5 Å². The number of amides is 1. The van der Waals surface area contributed by atoms with Crippen molar-refractivity contribution < 1.29 is 24.5 Å². The minimum Gasteiger partial charge on any atom is -0.504 e. The highest BCUT2D eigenvalue weighted by atomic mass is 32.1. The highest BCUT2D eigenvalue weighted by Gasteiger charge is 2.47. The van der Waals surface area contributed by atoms with Crippen LogP contribution in [-0.2, 0) is 16.1 Å². The first kappa shape index (κ1) is 18.6. The van der Waals surface area contributed by atoms with E-state index in [9.17, 15) is 19.8 Å². The quantitative estimate of drug-likeness (QED) is 0.741. The monoisotopic (exact) mass is 399 g/mol. The minimum atomic E-state index is -0.706. The van der Waals surface area contributed by atoms with E-state index in [0.29, 0.717) is 12.2 Å². The number of nitrogens with zero attached hydrogens (tertiary/aromatic N) is 1. The molecule has 2 heterocycles. The van der Waals surface area contributed by atoms with Gasteiger partial charge in [-0.15, -0.1) is 11.3 Å². The lowest BCUT2D eigenvalue weighted by molar-refractivity contribution is -0.130. The molecule has 0 spiro atoms. The molecular weight excluding hydrogens is 378 g/mol. The number of hydrogen-bond acceptors (Lipinski definition) is 6. The van der Waals surface area contributed by atoms with Crippen molar-refractivity contribution in [1.82, 2.24) is 4.90 Å². The highest BCUT2D eigenvalue weighted by molar-refractivity contribution is 7.09. The van der Waals surface area contributed by atoms with Crippen molar-refractivity contribution in [2.24, 2.45) is 5.92 Å². The molecule has 1 unspecified atom stereocenters. The Balaban J connectivity index is 1.78. The fraction of sp³-hybridized carbons (Fsp3) is 0.333. The molecule has 0 saturated heterocycles. The number of phenolic OH excluding ortho intramolecular Hbond substituents is 1. The first-order valence-electron chi connectivity index (χ1n) is 9.27. The maximum Gasteiger partial charge on any atom is 0.290 e. The van der Waals surface area contributed by atoms with Crippen molar-refractivity contribution >= 4 is 23.0 Å². The second-order valence-corrected chi connectivity index (χ2v) is 8.01. The first-order chi connectivity index (χ1) is 13.5. The molecule has 0 bridgehead atoms. The molecule has 4 rings (SSSR count). The fourth-order valence-electron chi connectivity index (χ4n) is 3.52. The van der Waals surface area contributed by atoms with Gasteiger partial charge in [0.25, 0.3) is 5.91 Å². The van der Waals surface area contributed by atoms with Crippen LogP contribution in [0.4, 0.5) is 0 Å². The van der Waals surface area contributed by atoms with Crippen molar-refractivity contribution in [3.63, 3.8) is 0 Å². The first-order valence-corrected chi connectivity index (χ1v) is 10.2. The lowest BCUT2D eigenvalue weighted by Crippen LogP contribution is -2.30. The van der Waals surface area contributed by atoms with Crippen LogP contribution in [0.5, 0.6) is 11.5 Å². The van der Waals surface area contributed by atoms with Crippen LogP contribution in [0.2, 0.25) is 0 Å². The lowest BCUT2D eigenvalue weighted by Gasteiger charge is -2.27. The molecule has 2 N–H and O–H groups in total. The minimum absolute atomic E-state index is 0.0111. The second-order valence-electron chi connectivity index (χ2n) is 6.98. The molecule has 0 radical (unpaired) electrons. The zero-order valence-corrected chi connectivity index (χ0v) is 16.2. The predicted molar refractivity (Wildman–Crippen MR) is 104 cm³/mol. The molecule has 7 heteroatoms. The predicted octanol–water partition coefficient (Wildman–Crippen LogP) is 3.73. The van der Waals surface area contributed by atoms with Gasteiger partial charge in [0.1, 0.15) is 0 Å². The Hall–Kier alpha value is -2.80. The summed E-state index contributed by atoms with van der Waals surface area (Å²) in [6.07, 6.45) is 1.56. The number of aromatic hydroxyl groups is 1. The molecule has 2 aliphatic rings. The van der Waals surface area contributed by atoms with Crippen molar-refractivity contribution in [2.45, 2.75) is 32.4 Å². The Morgan fingerprint density at radius 2 is 2.07 bits per heavy atom. The van der Waals surface area contributed by atoms with Crippen LogP contribution >= 0.6 is 11.3 Å². The number of Topliss-reactive ketones (excluding diaryl/α,β-unsaturated/α-hetero) is 1. The van der Waals surface area contributed by atoms with Crippen LogP contribution in [-0.4, -0.2) is 33.4 Å². The summed E-state index contributed by atoms with van der Waals surface area (Å²) in [7, 11) is 0. The van der Waals surface area contributed by atoms with E-state index in [2.05, 4.69) is 0 Å². The van der Waals surface area contributed by atoms with E-state index in [0.717, 1.165) is 17.7 Å². The van der Waals surface area contributed by atoms with Gasteiger partial charge in [-0.2, -0.15) is 0 Å². The van der Waals surface area contributed by atoms with E-state index in [4.69, 9.17) is 4.74 Å². The van der Waals surface area contributed by atoms with E-state index in [1.54, 1.807) is 12.1 Å². The molecule has 6 nitrogen and oxygen atoms in total. The topological polar surface area (TPSA) is 87.1 Å². The molecule has 146 valence electrons. The summed E-state index contributed by atoms with van der Waals surface area (Å²) in [5.74, 6) is -1.04. The zero-order valence-electron chi connectivity index (χ0n) is 15.4. The average molecular weight is 399 g/mol. The summed E-state index contributed by atoms with van der Waals surface area (Å²) in [6, 6.07) is 7.89. The third-order valence-corrected chi connectivity index (χ3v) is 5.88. The van der Waals surface area contributed by atoms with Gasteiger partial charge >= 0.3 is 0 Å². The van der Waals surface area contributed by atoms with E-state index in [1.165, 1.54) is 22.3 Å². The van der Waals surface area contributed by atoms with Crippen molar-refractivity contribution in [1.29, 1.82) is 0 Å². The molecule has 1 aliphatic heterocycles. The molecule has 1 aromatic carbocycles. The Kier molecular flexibility index (Phi) is 4.85. The standard InChI is InChI=1S/C21H21NO5S/c1-2-27-16-10-13(7-8-15(16)23)18-17(19(24)12-5-6-12)20(25)21(26)22(18)11-14-4-3-9-28-14/h3-4,7-10,12,18,23,25H,2,5-6,11H2,1H3. The SMILES string of the molecule is CCOc1cc(C2C(C(=O)C3CC3)=C(O)C(=O)N2Cc2cccs2)ccc1O. The number of aliphatic hydroxyl groups is 1. The van der Waals surface area contributed by atoms with E-state index < -0.39 is 17.7 Å². The molecule has 28 heavy (non-hydrogen) atoms. The number of ether oxygens (including phenoxy) is 1. The van der Waals surface area contributed by atoms with Gasteiger partial charge in [0, 0.05) is 10.8 Å². The van der Waals surface area contributed by atoms with Crippen LogP contribution in [0.25, 0.3) is 0 Å². The van der Waals surface area contributed by atoms with Gasteiger partial charge in [-0.1, -0.05) is 12.1 Å². The van der Waals surface area contributed by atoms with E-state index >= 15 is 0 Å². The summed E-state index contributed by atoms with van der Waals surface area (Å²) in [5, 5.41) is 22.5. The summed E-state index contributed by atoms with van der Waals surface area (Å²) in [6.45, 7) is 2.47. The van der Waals surface area contributed by atoms with E-state index in [1.807, 2.05) is 24.4 Å². The third-order valence-electron chi connectivity index (χ3n) is 5.02. The molecule has 1 aliphatic carbocycles. The maximum absolute atomic E-state index is 12.9. The normalized spacial score (nSPS) is 19.4. The fourth-order valence-corrected chi connectivity index (χ4v) is 4.23. The number of ketones is 1. The van der Waals surface area contributed by atoms with Crippen LogP contribution in [0, 0.1) is 5.92 Å². The molecule has 2 aromatic rings. The van der Waals surface area contributed by atoms with E-state index in [-0.39, 0.29) is 35.3 Å². The Morgan fingerprint density at radius 1 is 1.29 bits per heavy atom. The number of phenols is 1. The largest absolute Gasteiger partial charge is 0.504 e. The number of carbonyl (C=O) groups excluding carboxylic acids is 2. The Bertz CT molecular complexity index is 946. The second kappa shape index (κ2) is 7.31. The van der Waals surface area contributed by atoms with Crippen LogP contribution in [0.3, 0.4) is 0 Å². The van der Waals surface area contributed by atoms with Gasteiger partial charge in [-0.3, -0.25) is 9.59 Å². The molecule has 1 fully saturated rings. The molecule has 1 aromatic heterocycles. The summed E-state index contributed by atoms with van der Waals surface area (Å²) < 4.78 is 5.47. The van der Waals surface area contributed by atoms with Gasteiger partial charge < -0.3 is 19.8 Å².